The number of rotatable bonds is 5. The molecule has 0 saturated carbocycles. The zero-order valence-corrected chi connectivity index (χ0v) is 13.7. The molecule has 0 aliphatic rings. The van der Waals surface area contributed by atoms with Gasteiger partial charge >= 0.3 is 5.97 Å². The van der Waals surface area contributed by atoms with Gasteiger partial charge in [-0.25, -0.2) is 0 Å². The van der Waals surface area contributed by atoms with Crippen molar-refractivity contribution >= 4 is 28.9 Å². The van der Waals surface area contributed by atoms with Crippen LogP contribution < -0.4 is 5.32 Å². The molecule has 0 aliphatic carbocycles. The average Bonchev–Trinajstić information content (AvgIpc) is 2.79. The third-order valence-electron chi connectivity index (χ3n) is 3.42. The van der Waals surface area contributed by atoms with Crippen LogP contribution in [0.2, 0.25) is 0 Å². The summed E-state index contributed by atoms with van der Waals surface area (Å²) in [7, 11) is 0. The first-order valence-corrected chi connectivity index (χ1v) is 7.88. The number of carboxylic acids is 1. The van der Waals surface area contributed by atoms with Gasteiger partial charge < -0.3 is 10.4 Å². The second-order valence-electron chi connectivity index (χ2n) is 5.46. The molecule has 0 saturated heterocycles. The minimum absolute atomic E-state index is 0.109. The molecule has 5 heteroatoms. The molecule has 116 valence electrons. The van der Waals surface area contributed by atoms with Gasteiger partial charge in [0.05, 0.1) is 10.8 Å². The van der Waals surface area contributed by atoms with E-state index in [0.29, 0.717) is 12.1 Å². The normalized spacial score (nSPS) is 12.0. The first-order valence-electron chi connectivity index (χ1n) is 7.07. The summed E-state index contributed by atoms with van der Waals surface area (Å²) in [6.45, 7) is 5.58. The van der Waals surface area contributed by atoms with E-state index in [0.717, 1.165) is 20.9 Å². The lowest BCUT2D eigenvalue weighted by Crippen LogP contribution is -2.13. The van der Waals surface area contributed by atoms with Gasteiger partial charge in [0.25, 0.3) is 5.91 Å². The van der Waals surface area contributed by atoms with Crippen molar-refractivity contribution in [1.82, 2.24) is 0 Å². The van der Waals surface area contributed by atoms with Gasteiger partial charge in [0.15, 0.2) is 0 Å². The summed E-state index contributed by atoms with van der Waals surface area (Å²) in [6, 6.07) is 9.30. The largest absolute Gasteiger partial charge is 0.481 e. The molecule has 0 radical (unpaired) electrons. The SMILES string of the molecule is Cc1cc(C)c(C(=O)Nc2ccc(CC(C)C(=O)O)cc2)s1. The third-order valence-corrected chi connectivity index (χ3v) is 4.57. The van der Waals surface area contributed by atoms with Crippen molar-refractivity contribution in [3.63, 3.8) is 0 Å². The number of hydrogen-bond acceptors (Lipinski definition) is 3. The van der Waals surface area contributed by atoms with E-state index in [1.165, 1.54) is 11.3 Å². The number of carbonyl (C=O) groups is 2. The van der Waals surface area contributed by atoms with E-state index < -0.39 is 11.9 Å². The molecule has 2 rings (SSSR count). The number of anilines is 1. The minimum atomic E-state index is -0.805. The number of carboxylic acid groups (broad SMARTS) is 1. The molecular weight excluding hydrogens is 298 g/mol. The highest BCUT2D eigenvalue weighted by Crippen LogP contribution is 2.22. The van der Waals surface area contributed by atoms with E-state index in [2.05, 4.69) is 5.32 Å². The van der Waals surface area contributed by atoms with Crippen molar-refractivity contribution in [2.45, 2.75) is 27.2 Å². The molecule has 4 nitrogen and oxygen atoms in total. The lowest BCUT2D eigenvalue weighted by Gasteiger charge is -2.08. The van der Waals surface area contributed by atoms with Crippen molar-refractivity contribution in [3.05, 3.63) is 51.2 Å². The monoisotopic (exact) mass is 317 g/mol. The Morgan fingerprint density at radius 2 is 1.86 bits per heavy atom. The number of benzene rings is 1. The summed E-state index contributed by atoms with van der Waals surface area (Å²) in [4.78, 5) is 24.9. The number of thiophene rings is 1. The van der Waals surface area contributed by atoms with Gasteiger partial charge in [0, 0.05) is 10.6 Å². The summed E-state index contributed by atoms with van der Waals surface area (Å²) in [5.41, 5.74) is 2.63. The van der Waals surface area contributed by atoms with Crippen LogP contribution in [0.15, 0.2) is 30.3 Å². The van der Waals surface area contributed by atoms with Crippen molar-refractivity contribution < 1.29 is 14.7 Å². The van der Waals surface area contributed by atoms with Crippen LogP contribution in [0.4, 0.5) is 5.69 Å². The molecule has 1 amide bonds. The van der Waals surface area contributed by atoms with Crippen LogP contribution in [0.25, 0.3) is 0 Å². The van der Waals surface area contributed by atoms with Crippen LogP contribution in [0.5, 0.6) is 0 Å². The van der Waals surface area contributed by atoms with Crippen molar-refractivity contribution in [3.8, 4) is 0 Å². The van der Waals surface area contributed by atoms with Gasteiger partial charge in [-0.1, -0.05) is 19.1 Å². The van der Waals surface area contributed by atoms with E-state index in [1.54, 1.807) is 19.1 Å². The Labute approximate surface area is 133 Å². The quantitative estimate of drug-likeness (QED) is 0.879. The van der Waals surface area contributed by atoms with Crippen LogP contribution in [0.1, 0.15) is 32.6 Å². The zero-order valence-electron chi connectivity index (χ0n) is 12.8. The lowest BCUT2D eigenvalue weighted by atomic mass is 10.0. The van der Waals surface area contributed by atoms with Gasteiger partial charge in [-0.15, -0.1) is 11.3 Å². The fourth-order valence-corrected chi connectivity index (χ4v) is 3.14. The predicted molar refractivity (Wildman–Crippen MR) is 88.7 cm³/mol. The number of aliphatic carboxylic acids is 1. The average molecular weight is 317 g/mol. The van der Waals surface area contributed by atoms with E-state index in [9.17, 15) is 9.59 Å². The van der Waals surface area contributed by atoms with E-state index in [-0.39, 0.29) is 5.91 Å². The van der Waals surface area contributed by atoms with E-state index in [4.69, 9.17) is 5.11 Å². The van der Waals surface area contributed by atoms with Crippen LogP contribution in [0.3, 0.4) is 0 Å². The standard InChI is InChI=1S/C17H19NO3S/c1-10-8-12(3)22-15(10)16(19)18-14-6-4-13(5-7-14)9-11(2)17(20)21/h4-8,11H,9H2,1-3H3,(H,18,19)(H,20,21). The Balaban J connectivity index is 2.03. The van der Waals surface area contributed by atoms with Crippen LogP contribution in [-0.4, -0.2) is 17.0 Å². The summed E-state index contributed by atoms with van der Waals surface area (Å²) in [6.07, 6.45) is 0.479. The molecule has 0 bridgehead atoms. The number of amides is 1. The van der Waals surface area contributed by atoms with Crippen molar-refractivity contribution in [2.75, 3.05) is 5.32 Å². The highest BCUT2D eigenvalue weighted by atomic mass is 32.1. The van der Waals surface area contributed by atoms with Gasteiger partial charge in [0.2, 0.25) is 0 Å². The third kappa shape index (κ3) is 3.95. The molecule has 0 fully saturated rings. The maximum atomic E-state index is 12.2. The summed E-state index contributed by atoms with van der Waals surface area (Å²) < 4.78 is 0. The molecular formula is C17H19NO3S. The maximum Gasteiger partial charge on any atom is 0.306 e. The molecule has 1 aromatic carbocycles. The smallest absolute Gasteiger partial charge is 0.306 e. The molecule has 2 aromatic rings. The highest BCUT2D eigenvalue weighted by Gasteiger charge is 2.13. The van der Waals surface area contributed by atoms with Gasteiger partial charge in [-0.3, -0.25) is 9.59 Å². The van der Waals surface area contributed by atoms with Gasteiger partial charge in [0.1, 0.15) is 0 Å². The Morgan fingerprint density at radius 3 is 2.36 bits per heavy atom. The Morgan fingerprint density at radius 1 is 1.23 bits per heavy atom. The minimum Gasteiger partial charge on any atom is -0.481 e. The molecule has 1 heterocycles. The Bertz CT molecular complexity index is 688. The van der Waals surface area contributed by atoms with Crippen LogP contribution in [-0.2, 0) is 11.2 Å². The van der Waals surface area contributed by atoms with Gasteiger partial charge in [-0.2, -0.15) is 0 Å². The molecule has 1 unspecified atom stereocenters. The van der Waals surface area contributed by atoms with Gasteiger partial charge in [-0.05, 0) is 49.6 Å². The summed E-state index contributed by atoms with van der Waals surface area (Å²) in [5, 5.41) is 11.8. The van der Waals surface area contributed by atoms with E-state index >= 15 is 0 Å². The topological polar surface area (TPSA) is 66.4 Å². The van der Waals surface area contributed by atoms with Crippen molar-refractivity contribution in [1.29, 1.82) is 0 Å². The second kappa shape index (κ2) is 6.75. The lowest BCUT2D eigenvalue weighted by molar-refractivity contribution is -0.141. The zero-order chi connectivity index (χ0) is 16.3. The maximum absolute atomic E-state index is 12.2. The Kier molecular flexibility index (Phi) is 4.98. The number of aryl methyl sites for hydroxylation is 2. The second-order valence-corrected chi connectivity index (χ2v) is 6.72. The fourth-order valence-electron chi connectivity index (χ4n) is 2.22. The van der Waals surface area contributed by atoms with Crippen molar-refractivity contribution in [2.24, 2.45) is 5.92 Å². The fraction of sp³-hybridized carbons (Fsp3) is 0.294. The van der Waals surface area contributed by atoms with E-state index in [1.807, 2.05) is 32.0 Å². The molecule has 0 spiro atoms. The van der Waals surface area contributed by atoms with Crippen LogP contribution >= 0.6 is 11.3 Å². The Hall–Kier alpha value is -2.14. The molecule has 0 aliphatic heterocycles. The molecule has 22 heavy (non-hydrogen) atoms. The number of hydrogen-bond donors (Lipinski definition) is 2. The predicted octanol–water partition coefficient (Wildman–Crippen LogP) is 3.88. The number of nitrogens with one attached hydrogen (secondary N) is 1. The molecule has 2 N–H and O–H groups in total. The molecule has 1 aromatic heterocycles. The first kappa shape index (κ1) is 16.2. The van der Waals surface area contributed by atoms with Crippen LogP contribution in [0, 0.1) is 19.8 Å². The number of carbonyl (C=O) groups excluding carboxylic acids is 1. The first-order chi connectivity index (χ1) is 10.4. The summed E-state index contributed by atoms with van der Waals surface area (Å²) in [5.74, 6) is -1.33. The summed E-state index contributed by atoms with van der Waals surface area (Å²) >= 11 is 1.48. The highest BCUT2D eigenvalue weighted by molar-refractivity contribution is 7.14. The molecule has 1 atom stereocenters.